The molecule has 0 aliphatic rings. The topological polar surface area (TPSA) is 13.1 Å². The summed E-state index contributed by atoms with van der Waals surface area (Å²) in [6.07, 6.45) is 5.71. The normalized spacial score (nSPS) is 10.7. The Morgan fingerprint density at radius 3 is 1.88 bits per heavy atom. The van der Waals surface area contributed by atoms with Crippen LogP contribution in [0.3, 0.4) is 0 Å². The van der Waals surface area contributed by atoms with Crippen LogP contribution < -0.4 is 33.3 Å². The third kappa shape index (κ3) is 7.24. The quantitative estimate of drug-likeness (QED) is 0.225. The number of aryl methyl sites for hydroxylation is 1. The van der Waals surface area contributed by atoms with Gasteiger partial charge in [-0.15, -0.1) is 0 Å². The zero-order valence-corrected chi connectivity index (χ0v) is 20.7. The second-order valence-corrected chi connectivity index (χ2v) is 8.07. The highest BCUT2D eigenvalue weighted by Crippen LogP contribution is 2.30. The van der Waals surface area contributed by atoms with E-state index in [1.54, 1.807) is 36.4 Å². The maximum atomic E-state index is 13.4. The number of nitrogens with zero attached hydrogens (tertiary/aromatic N) is 1. The summed E-state index contributed by atoms with van der Waals surface area (Å²) in [5.41, 5.74) is 2.04. The number of halogens is 4. The standard InChI is InChI=1S/C27H23ClF2NO.HI/c28-22-3-1-4-26(19-22)32-25-14-17-31(18-15-25)16-2-5-27(20-6-10-23(29)11-7-20)21-8-12-24(30)13-9-21;/h1,3-4,6-15,17-19,27H,2,5,16H2;1H/q+1;/p-1. The fourth-order valence-corrected chi connectivity index (χ4v) is 3.90. The molecule has 0 spiro atoms. The molecule has 2 nitrogen and oxygen atoms in total. The number of aromatic nitrogens is 1. The summed E-state index contributed by atoms with van der Waals surface area (Å²) in [6.45, 7) is 0.816. The highest BCUT2D eigenvalue weighted by atomic mass is 127. The Kier molecular flexibility index (Phi) is 9.21. The summed E-state index contributed by atoms with van der Waals surface area (Å²) in [4.78, 5) is 0. The molecule has 0 aliphatic carbocycles. The predicted octanol–water partition coefficient (Wildman–Crippen LogP) is 4.31. The first kappa shape index (κ1) is 25.1. The van der Waals surface area contributed by atoms with E-state index in [4.69, 9.17) is 16.3 Å². The van der Waals surface area contributed by atoms with Crippen molar-refractivity contribution >= 4 is 11.6 Å². The molecule has 3 aromatic carbocycles. The Balaban J connectivity index is 0.00000306. The molecule has 6 heteroatoms. The first-order valence-electron chi connectivity index (χ1n) is 10.5. The fraction of sp³-hybridized carbons (Fsp3) is 0.148. The van der Waals surface area contributed by atoms with Gasteiger partial charge in [0.05, 0.1) is 0 Å². The molecule has 0 N–H and O–H groups in total. The maximum absolute atomic E-state index is 13.4. The molecule has 0 saturated carbocycles. The van der Waals surface area contributed by atoms with E-state index in [2.05, 4.69) is 4.57 Å². The average Bonchev–Trinajstić information content (AvgIpc) is 2.80. The van der Waals surface area contributed by atoms with E-state index in [0.717, 1.165) is 36.3 Å². The Bertz CT molecular complexity index is 1110. The molecule has 0 atom stereocenters. The van der Waals surface area contributed by atoms with Gasteiger partial charge in [0.15, 0.2) is 12.4 Å². The number of pyridine rings is 1. The van der Waals surface area contributed by atoms with E-state index in [0.29, 0.717) is 10.8 Å². The molecule has 0 aliphatic heterocycles. The maximum Gasteiger partial charge on any atom is 0.172 e. The lowest BCUT2D eigenvalue weighted by Crippen LogP contribution is -3.00. The summed E-state index contributed by atoms with van der Waals surface area (Å²) in [5.74, 6) is 0.974. The minimum atomic E-state index is -0.262. The van der Waals surface area contributed by atoms with Crippen LogP contribution in [-0.2, 0) is 6.54 Å². The van der Waals surface area contributed by atoms with Crippen molar-refractivity contribution in [2.45, 2.75) is 25.3 Å². The molecule has 0 bridgehead atoms. The van der Waals surface area contributed by atoms with Crippen molar-refractivity contribution in [1.29, 1.82) is 0 Å². The molecule has 0 fully saturated rings. The molecule has 170 valence electrons. The Morgan fingerprint density at radius 1 is 0.758 bits per heavy atom. The lowest BCUT2D eigenvalue weighted by Gasteiger charge is -2.17. The zero-order valence-electron chi connectivity index (χ0n) is 17.8. The van der Waals surface area contributed by atoms with Crippen LogP contribution in [0.4, 0.5) is 8.78 Å². The van der Waals surface area contributed by atoms with Crippen LogP contribution in [0.2, 0.25) is 5.02 Å². The van der Waals surface area contributed by atoms with Crippen molar-refractivity contribution in [3.8, 4) is 11.5 Å². The Morgan fingerprint density at radius 2 is 1.33 bits per heavy atom. The lowest BCUT2D eigenvalue weighted by atomic mass is 9.87. The fourth-order valence-electron chi connectivity index (χ4n) is 3.72. The summed E-state index contributed by atoms with van der Waals surface area (Å²) in [7, 11) is 0. The predicted molar refractivity (Wildman–Crippen MR) is 122 cm³/mol. The number of hydrogen-bond acceptors (Lipinski definition) is 1. The van der Waals surface area contributed by atoms with Gasteiger partial charge in [-0.3, -0.25) is 0 Å². The summed E-state index contributed by atoms with van der Waals surface area (Å²) in [6, 6.07) is 24.2. The Labute approximate surface area is 214 Å². The third-order valence-electron chi connectivity index (χ3n) is 5.35. The number of ether oxygens (including phenoxy) is 1. The van der Waals surface area contributed by atoms with Gasteiger partial charge in [0, 0.05) is 29.5 Å². The molecule has 0 radical (unpaired) electrons. The van der Waals surface area contributed by atoms with E-state index in [9.17, 15) is 8.78 Å². The van der Waals surface area contributed by atoms with Crippen molar-refractivity contribution in [2.75, 3.05) is 0 Å². The van der Waals surface area contributed by atoms with E-state index < -0.39 is 0 Å². The number of hydrogen-bond donors (Lipinski definition) is 0. The molecule has 33 heavy (non-hydrogen) atoms. The van der Waals surface area contributed by atoms with Gasteiger partial charge >= 0.3 is 0 Å². The van der Waals surface area contributed by atoms with Crippen molar-refractivity contribution in [3.63, 3.8) is 0 Å². The van der Waals surface area contributed by atoms with Gasteiger partial charge in [-0.25, -0.2) is 13.3 Å². The van der Waals surface area contributed by atoms with Gasteiger partial charge in [-0.2, -0.15) is 0 Å². The summed E-state index contributed by atoms with van der Waals surface area (Å²) in [5, 5.41) is 0.630. The smallest absolute Gasteiger partial charge is 0.172 e. The van der Waals surface area contributed by atoms with E-state index in [1.807, 2.05) is 36.7 Å². The second kappa shape index (κ2) is 12.1. The lowest BCUT2D eigenvalue weighted by molar-refractivity contribution is -0.697. The molecule has 0 saturated heterocycles. The van der Waals surface area contributed by atoms with E-state index in [1.165, 1.54) is 24.3 Å². The number of rotatable bonds is 8. The van der Waals surface area contributed by atoms with Crippen LogP contribution in [0.5, 0.6) is 11.5 Å². The zero-order chi connectivity index (χ0) is 22.3. The monoisotopic (exact) mass is 577 g/mol. The third-order valence-corrected chi connectivity index (χ3v) is 5.58. The molecule has 4 rings (SSSR count). The average molecular weight is 578 g/mol. The van der Waals surface area contributed by atoms with Crippen LogP contribution in [0.1, 0.15) is 29.9 Å². The second-order valence-electron chi connectivity index (χ2n) is 7.63. The van der Waals surface area contributed by atoms with Gasteiger partial charge in [-0.05, 0) is 60.0 Å². The minimum absolute atomic E-state index is 0. The van der Waals surface area contributed by atoms with Gasteiger partial charge in [0.25, 0.3) is 0 Å². The minimum Gasteiger partial charge on any atom is -1.00 e. The first-order valence-corrected chi connectivity index (χ1v) is 10.9. The molecule has 4 aromatic rings. The van der Waals surface area contributed by atoms with Crippen molar-refractivity contribution in [1.82, 2.24) is 0 Å². The van der Waals surface area contributed by atoms with Crippen LogP contribution in [0.15, 0.2) is 97.3 Å². The van der Waals surface area contributed by atoms with Gasteiger partial charge in [-0.1, -0.05) is 41.9 Å². The highest BCUT2D eigenvalue weighted by Gasteiger charge is 2.16. The first-order chi connectivity index (χ1) is 15.6. The highest BCUT2D eigenvalue weighted by molar-refractivity contribution is 6.30. The van der Waals surface area contributed by atoms with Crippen LogP contribution in [0, 0.1) is 11.6 Å². The van der Waals surface area contributed by atoms with Crippen LogP contribution in [0.25, 0.3) is 0 Å². The summed E-state index contributed by atoms with van der Waals surface area (Å²) >= 11 is 6.00. The van der Waals surface area contributed by atoms with Crippen molar-refractivity contribution in [2.24, 2.45) is 0 Å². The van der Waals surface area contributed by atoms with Crippen LogP contribution in [-0.4, -0.2) is 0 Å². The van der Waals surface area contributed by atoms with Gasteiger partial charge in [0.2, 0.25) is 0 Å². The number of benzene rings is 3. The molecule has 0 amide bonds. The van der Waals surface area contributed by atoms with Crippen molar-refractivity contribution in [3.05, 3.63) is 125 Å². The van der Waals surface area contributed by atoms with Gasteiger partial charge < -0.3 is 28.7 Å². The van der Waals surface area contributed by atoms with Crippen LogP contribution >= 0.6 is 11.6 Å². The molecular weight excluding hydrogens is 555 g/mol. The molecule has 1 heterocycles. The molecule has 1 aromatic heterocycles. The SMILES string of the molecule is Fc1ccc(C(CCC[n+]2ccc(Oc3cccc(Cl)c3)cc2)c2ccc(F)cc2)cc1.[I-]. The van der Waals surface area contributed by atoms with Gasteiger partial charge in [0.1, 0.15) is 29.7 Å². The Hall–Kier alpha value is -2.51. The van der Waals surface area contributed by atoms with E-state index in [-0.39, 0.29) is 41.5 Å². The van der Waals surface area contributed by atoms with Crippen molar-refractivity contribution < 1.29 is 42.1 Å². The molecular formula is C27H23ClF2INO. The molecule has 0 unspecified atom stereocenters. The van der Waals surface area contributed by atoms with E-state index >= 15 is 0 Å². The largest absolute Gasteiger partial charge is 1.00 e. The summed E-state index contributed by atoms with van der Waals surface area (Å²) < 4.78 is 34.7.